The SMILES string of the molecule is CCCOCCOCCCCCOCC. The van der Waals surface area contributed by atoms with E-state index in [0.717, 1.165) is 58.9 Å². The van der Waals surface area contributed by atoms with Crippen molar-refractivity contribution in [1.29, 1.82) is 0 Å². The van der Waals surface area contributed by atoms with Crippen LogP contribution in [0.5, 0.6) is 0 Å². The summed E-state index contributed by atoms with van der Waals surface area (Å²) in [4.78, 5) is 0. The van der Waals surface area contributed by atoms with Crippen LogP contribution in [0.3, 0.4) is 0 Å². The van der Waals surface area contributed by atoms with E-state index >= 15 is 0 Å². The maximum Gasteiger partial charge on any atom is 0.0700 e. The molecule has 0 aromatic carbocycles. The van der Waals surface area contributed by atoms with Crippen molar-refractivity contribution in [3.8, 4) is 0 Å². The number of rotatable bonds is 12. The Balaban J connectivity index is 2.81. The first-order chi connectivity index (χ1) is 7.41. The third-order valence-corrected chi connectivity index (χ3v) is 2.00. The molecule has 0 amide bonds. The average Bonchev–Trinajstić information content (AvgIpc) is 2.26. The van der Waals surface area contributed by atoms with Crippen LogP contribution in [-0.2, 0) is 14.2 Å². The summed E-state index contributed by atoms with van der Waals surface area (Å²) in [6.07, 6.45) is 4.54. The van der Waals surface area contributed by atoms with Crippen molar-refractivity contribution in [1.82, 2.24) is 0 Å². The molecule has 0 aliphatic heterocycles. The summed E-state index contributed by atoms with van der Waals surface area (Å²) >= 11 is 0. The molecule has 0 radical (unpaired) electrons. The van der Waals surface area contributed by atoms with Crippen LogP contribution in [0.15, 0.2) is 0 Å². The molecular weight excluding hydrogens is 192 g/mol. The minimum Gasteiger partial charge on any atom is -0.382 e. The number of ether oxygens (including phenoxy) is 3. The highest BCUT2D eigenvalue weighted by Gasteiger charge is 1.91. The fraction of sp³-hybridized carbons (Fsp3) is 1.00. The van der Waals surface area contributed by atoms with Crippen molar-refractivity contribution in [3.63, 3.8) is 0 Å². The van der Waals surface area contributed by atoms with Gasteiger partial charge in [0.1, 0.15) is 0 Å². The molecule has 0 aliphatic rings. The Kier molecular flexibility index (Phi) is 13.8. The molecular formula is C12H26O3. The first-order valence-corrected chi connectivity index (χ1v) is 6.15. The third kappa shape index (κ3) is 13.9. The molecule has 3 heteroatoms. The monoisotopic (exact) mass is 218 g/mol. The Labute approximate surface area is 94.1 Å². The van der Waals surface area contributed by atoms with Crippen LogP contribution in [0.4, 0.5) is 0 Å². The molecule has 0 bridgehead atoms. The summed E-state index contributed by atoms with van der Waals surface area (Å²) in [5.41, 5.74) is 0. The van der Waals surface area contributed by atoms with Gasteiger partial charge in [-0.2, -0.15) is 0 Å². The zero-order chi connectivity index (χ0) is 11.2. The number of unbranched alkanes of at least 4 members (excludes halogenated alkanes) is 2. The van der Waals surface area contributed by atoms with Crippen LogP contribution in [0.25, 0.3) is 0 Å². The topological polar surface area (TPSA) is 27.7 Å². The third-order valence-electron chi connectivity index (χ3n) is 2.00. The summed E-state index contributed by atoms with van der Waals surface area (Å²) < 4.78 is 16.0. The van der Waals surface area contributed by atoms with E-state index < -0.39 is 0 Å². The zero-order valence-corrected chi connectivity index (χ0v) is 10.3. The first kappa shape index (κ1) is 14.9. The zero-order valence-electron chi connectivity index (χ0n) is 10.3. The molecule has 3 nitrogen and oxygen atoms in total. The molecule has 0 rings (SSSR count). The van der Waals surface area contributed by atoms with Gasteiger partial charge in [-0.15, -0.1) is 0 Å². The molecule has 0 N–H and O–H groups in total. The van der Waals surface area contributed by atoms with Crippen molar-refractivity contribution < 1.29 is 14.2 Å². The Morgan fingerprint density at radius 3 is 1.80 bits per heavy atom. The standard InChI is InChI=1S/C12H26O3/c1-3-8-14-11-12-15-10-7-5-6-9-13-4-2/h3-12H2,1-2H3. The van der Waals surface area contributed by atoms with E-state index in [9.17, 15) is 0 Å². The largest absolute Gasteiger partial charge is 0.382 e. The van der Waals surface area contributed by atoms with Gasteiger partial charge in [0, 0.05) is 26.4 Å². The Morgan fingerprint density at radius 1 is 0.600 bits per heavy atom. The highest BCUT2D eigenvalue weighted by Crippen LogP contribution is 1.96. The Hall–Kier alpha value is -0.120. The van der Waals surface area contributed by atoms with Gasteiger partial charge in [-0.05, 0) is 32.6 Å². The van der Waals surface area contributed by atoms with Gasteiger partial charge >= 0.3 is 0 Å². The molecule has 0 fully saturated rings. The molecule has 0 saturated heterocycles. The quantitative estimate of drug-likeness (QED) is 0.471. The van der Waals surface area contributed by atoms with E-state index in [1.807, 2.05) is 6.92 Å². The number of hydrogen-bond acceptors (Lipinski definition) is 3. The first-order valence-electron chi connectivity index (χ1n) is 6.15. The lowest BCUT2D eigenvalue weighted by Gasteiger charge is -2.05. The molecule has 0 spiro atoms. The fourth-order valence-corrected chi connectivity index (χ4v) is 1.20. The predicted molar refractivity (Wildman–Crippen MR) is 62.3 cm³/mol. The predicted octanol–water partition coefficient (Wildman–Crippen LogP) is 2.64. The smallest absolute Gasteiger partial charge is 0.0700 e. The molecule has 0 saturated carbocycles. The van der Waals surface area contributed by atoms with Gasteiger partial charge in [0.25, 0.3) is 0 Å². The summed E-state index contributed by atoms with van der Waals surface area (Å²) in [6.45, 7) is 9.00. The van der Waals surface area contributed by atoms with Crippen molar-refractivity contribution in [2.75, 3.05) is 39.6 Å². The van der Waals surface area contributed by atoms with Crippen LogP contribution in [0.2, 0.25) is 0 Å². The lowest BCUT2D eigenvalue weighted by atomic mass is 10.2. The highest BCUT2D eigenvalue weighted by atomic mass is 16.5. The summed E-state index contributed by atoms with van der Waals surface area (Å²) in [5, 5.41) is 0. The van der Waals surface area contributed by atoms with E-state index in [1.54, 1.807) is 0 Å². The van der Waals surface area contributed by atoms with E-state index in [2.05, 4.69) is 6.92 Å². The minimum atomic E-state index is 0.728. The summed E-state index contributed by atoms with van der Waals surface area (Å²) in [5.74, 6) is 0. The van der Waals surface area contributed by atoms with Gasteiger partial charge < -0.3 is 14.2 Å². The van der Waals surface area contributed by atoms with Crippen molar-refractivity contribution in [2.24, 2.45) is 0 Å². The minimum absolute atomic E-state index is 0.728. The average molecular weight is 218 g/mol. The normalized spacial score (nSPS) is 10.8. The lowest BCUT2D eigenvalue weighted by molar-refractivity contribution is 0.0458. The second kappa shape index (κ2) is 13.9. The van der Waals surface area contributed by atoms with Gasteiger partial charge in [-0.3, -0.25) is 0 Å². The van der Waals surface area contributed by atoms with Gasteiger partial charge in [0.15, 0.2) is 0 Å². The van der Waals surface area contributed by atoms with Gasteiger partial charge in [-0.1, -0.05) is 6.92 Å². The second-order valence-corrected chi connectivity index (χ2v) is 3.48. The maximum absolute atomic E-state index is 5.42. The lowest BCUT2D eigenvalue weighted by Crippen LogP contribution is -2.06. The van der Waals surface area contributed by atoms with Gasteiger partial charge in [-0.25, -0.2) is 0 Å². The van der Waals surface area contributed by atoms with Crippen molar-refractivity contribution >= 4 is 0 Å². The second-order valence-electron chi connectivity index (χ2n) is 3.48. The molecule has 0 atom stereocenters. The van der Waals surface area contributed by atoms with Gasteiger partial charge in [0.05, 0.1) is 13.2 Å². The summed E-state index contributed by atoms with van der Waals surface area (Å²) in [6, 6.07) is 0. The molecule has 0 aromatic heterocycles. The van der Waals surface area contributed by atoms with Crippen LogP contribution in [-0.4, -0.2) is 39.6 Å². The molecule has 15 heavy (non-hydrogen) atoms. The van der Waals surface area contributed by atoms with Gasteiger partial charge in [0.2, 0.25) is 0 Å². The highest BCUT2D eigenvalue weighted by molar-refractivity contribution is 4.40. The van der Waals surface area contributed by atoms with E-state index in [4.69, 9.17) is 14.2 Å². The van der Waals surface area contributed by atoms with Crippen molar-refractivity contribution in [2.45, 2.75) is 39.5 Å². The molecule has 0 heterocycles. The Morgan fingerprint density at radius 2 is 1.20 bits per heavy atom. The van der Waals surface area contributed by atoms with E-state index in [1.165, 1.54) is 6.42 Å². The fourth-order valence-electron chi connectivity index (χ4n) is 1.20. The van der Waals surface area contributed by atoms with Crippen LogP contribution in [0, 0.1) is 0 Å². The van der Waals surface area contributed by atoms with E-state index in [0.29, 0.717) is 0 Å². The molecule has 0 aliphatic carbocycles. The van der Waals surface area contributed by atoms with Crippen molar-refractivity contribution in [3.05, 3.63) is 0 Å². The van der Waals surface area contributed by atoms with E-state index in [-0.39, 0.29) is 0 Å². The molecule has 0 unspecified atom stereocenters. The Bertz CT molecular complexity index is 95.0. The van der Waals surface area contributed by atoms with Crippen LogP contribution in [0.1, 0.15) is 39.5 Å². The maximum atomic E-state index is 5.42. The molecule has 0 aromatic rings. The number of hydrogen-bond donors (Lipinski definition) is 0. The molecule has 92 valence electrons. The van der Waals surface area contributed by atoms with Crippen LogP contribution >= 0.6 is 0 Å². The summed E-state index contributed by atoms with van der Waals surface area (Å²) in [7, 11) is 0. The van der Waals surface area contributed by atoms with Crippen LogP contribution < -0.4 is 0 Å².